The second kappa shape index (κ2) is 6.00. The first-order chi connectivity index (χ1) is 9.57. The van der Waals surface area contributed by atoms with E-state index in [1.807, 2.05) is 6.92 Å². The van der Waals surface area contributed by atoms with Gasteiger partial charge in [-0.15, -0.1) is 0 Å². The second-order valence-corrected chi connectivity index (χ2v) is 5.01. The van der Waals surface area contributed by atoms with Crippen LogP contribution in [0.2, 0.25) is 0 Å². The molecule has 0 aromatic carbocycles. The lowest BCUT2D eigenvalue weighted by molar-refractivity contribution is -0.127. The van der Waals surface area contributed by atoms with Crippen molar-refractivity contribution in [1.82, 2.24) is 15.6 Å². The fourth-order valence-corrected chi connectivity index (χ4v) is 2.47. The number of amides is 1. The van der Waals surface area contributed by atoms with Gasteiger partial charge in [-0.25, -0.2) is 9.78 Å². The van der Waals surface area contributed by atoms with E-state index in [9.17, 15) is 9.59 Å². The molecule has 108 valence electrons. The third-order valence-corrected chi connectivity index (χ3v) is 3.78. The van der Waals surface area contributed by atoms with Crippen LogP contribution in [0.4, 0.5) is 0 Å². The van der Waals surface area contributed by atoms with Gasteiger partial charge in [-0.2, -0.15) is 0 Å². The lowest BCUT2D eigenvalue weighted by Crippen LogP contribution is -2.52. The van der Waals surface area contributed by atoms with Crippen molar-refractivity contribution < 1.29 is 14.7 Å². The Labute approximate surface area is 117 Å². The van der Waals surface area contributed by atoms with E-state index >= 15 is 0 Å². The molecule has 1 saturated heterocycles. The number of nitrogens with one attached hydrogen (secondary N) is 2. The first-order valence-electron chi connectivity index (χ1n) is 6.79. The predicted octanol–water partition coefficient (Wildman–Crippen LogP) is 0.928. The molecule has 1 aliphatic heterocycles. The van der Waals surface area contributed by atoms with Crippen LogP contribution in [0.1, 0.15) is 42.2 Å². The summed E-state index contributed by atoms with van der Waals surface area (Å²) in [5.41, 5.74) is 0.337. The highest BCUT2D eigenvalue weighted by atomic mass is 16.4. The van der Waals surface area contributed by atoms with Gasteiger partial charge in [0, 0.05) is 12.7 Å². The minimum absolute atomic E-state index is 0.000175. The summed E-state index contributed by atoms with van der Waals surface area (Å²) in [7, 11) is 0. The van der Waals surface area contributed by atoms with Crippen molar-refractivity contribution in [2.24, 2.45) is 0 Å². The third kappa shape index (κ3) is 2.96. The molecule has 20 heavy (non-hydrogen) atoms. The lowest BCUT2D eigenvalue weighted by Gasteiger charge is -2.26. The molecule has 0 radical (unpaired) electrons. The summed E-state index contributed by atoms with van der Waals surface area (Å²) in [6, 6.07) is 3.10. The van der Waals surface area contributed by atoms with E-state index < -0.39 is 11.5 Å². The number of rotatable bonds is 5. The van der Waals surface area contributed by atoms with Gasteiger partial charge in [0.15, 0.2) is 0 Å². The summed E-state index contributed by atoms with van der Waals surface area (Å²) in [6.45, 7) is 3.23. The van der Waals surface area contributed by atoms with Crippen LogP contribution in [0.15, 0.2) is 18.3 Å². The van der Waals surface area contributed by atoms with Gasteiger partial charge in [-0.3, -0.25) is 4.79 Å². The SMILES string of the molecule is CCC1(C(=O)NCc2ccc(C(=O)O)nc2)CCCN1. The molecule has 1 atom stereocenters. The Kier molecular flexibility index (Phi) is 4.34. The number of carbonyl (C=O) groups is 2. The van der Waals surface area contributed by atoms with Crippen molar-refractivity contribution in [3.63, 3.8) is 0 Å². The average molecular weight is 277 g/mol. The second-order valence-electron chi connectivity index (χ2n) is 5.01. The lowest BCUT2D eigenvalue weighted by atomic mass is 9.93. The van der Waals surface area contributed by atoms with E-state index in [0.717, 1.165) is 31.4 Å². The maximum atomic E-state index is 12.3. The van der Waals surface area contributed by atoms with Gasteiger partial charge in [0.05, 0.1) is 5.54 Å². The zero-order valence-electron chi connectivity index (χ0n) is 11.5. The molecule has 3 N–H and O–H groups in total. The number of hydrogen-bond donors (Lipinski definition) is 3. The standard InChI is InChI=1S/C14H19N3O3/c1-2-14(6-3-7-17-14)13(20)16-9-10-4-5-11(12(18)19)15-8-10/h4-5,8,17H,2-3,6-7,9H2,1H3,(H,16,20)(H,18,19). The molecule has 2 rings (SSSR count). The molecule has 2 heterocycles. The van der Waals surface area contributed by atoms with Gasteiger partial charge in [0.25, 0.3) is 0 Å². The van der Waals surface area contributed by atoms with Crippen LogP contribution in [0, 0.1) is 0 Å². The number of carboxylic acid groups (broad SMARTS) is 1. The van der Waals surface area contributed by atoms with Gasteiger partial charge >= 0.3 is 5.97 Å². The molecular formula is C14H19N3O3. The van der Waals surface area contributed by atoms with Gasteiger partial charge in [0.1, 0.15) is 5.69 Å². The molecule has 1 amide bonds. The maximum absolute atomic E-state index is 12.3. The van der Waals surface area contributed by atoms with Crippen LogP contribution in [0.5, 0.6) is 0 Å². The van der Waals surface area contributed by atoms with E-state index in [1.165, 1.54) is 12.3 Å². The normalized spacial score (nSPS) is 21.6. The van der Waals surface area contributed by atoms with E-state index in [0.29, 0.717) is 6.54 Å². The number of carbonyl (C=O) groups excluding carboxylic acids is 1. The van der Waals surface area contributed by atoms with Crippen LogP contribution in [0.25, 0.3) is 0 Å². The average Bonchev–Trinajstić information content (AvgIpc) is 2.95. The predicted molar refractivity (Wildman–Crippen MR) is 73.3 cm³/mol. The van der Waals surface area contributed by atoms with Crippen LogP contribution < -0.4 is 10.6 Å². The zero-order valence-corrected chi connectivity index (χ0v) is 11.5. The van der Waals surface area contributed by atoms with Crippen molar-refractivity contribution in [1.29, 1.82) is 0 Å². The van der Waals surface area contributed by atoms with Crippen molar-refractivity contribution in [3.05, 3.63) is 29.6 Å². The Morgan fingerprint density at radius 2 is 2.30 bits per heavy atom. The number of aromatic carboxylic acids is 1. The maximum Gasteiger partial charge on any atom is 0.354 e. The van der Waals surface area contributed by atoms with E-state index in [4.69, 9.17) is 5.11 Å². The number of aromatic nitrogens is 1. The Morgan fingerprint density at radius 1 is 1.50 bits per heavy atom. The molecule has 0 saturated carbocycles. The Hall–Kier alpha value is -1.95. The molecule has 0 spiro atoms. The molecule has 6 nitrogen and oxygen atoms in total. The molecule has 1 fully saturated rings. The largest absolute Gasteiger partial charge is 0.477 e. The Morgan fingerprint density at radius 3 is 2.80 bits per heavy atom. The van der Waals surface area contributed by atoms with Crippen LogP contribution in [0.3, 0.4) is 0 Å². The topological polar surface area (TPSA) is 91.3 Å². The number of carboxylic acids is 1. The van der Waals surface area contributed by atoms with E-state index in [2.05, 4.69) is 15.6 Å². The van der Waals surface area contributed by atoms with E-state index in [-0.39, 0.29) is 11.6 Å². The fraction of sp³-hybridized carbons (Fsp3) is 0.500. The van der Waals surface area contributed by atoms with Crippen LogP contribution in [-0.2, 0) is 11.3 Å². The molecule has 6 heteroatoms. The molecule has 1 aromatic rings. The summed E-state index contributed by atoms with van der Waals surface area (Å²) in [6.07, 6.45) is 4.10. The smallest absolute Gasteiger partial charge is 0.354 e. The summed E-state index contributed by atoms with van der Waals surface area (Å²) >= 11 is 0. The van der Waals surface area contributed by atoms with Gasteiger partial charge < -0.3 is 15.7 Å². The third-order valence-electron chi connectivity index (χ3n) is 3.78. The van der Waals surface area contributed by atoms with Gasteiger partial charge in [-0.1, -0.05) is 13.0 Å². The minimum Gasteiger partial charge on any atom is -0.477 e. The van der Waals surface area contributed by atoms with Gasteiger partial charge in [-0.05, 0) is 37.4 Å². The number of pyridine rings is 1. The van der Waals surface area contributed by atoms with Crippen molar-refractivity contribution >= 4 is 11.9 Å². The summed E-state index contributed by atoms with van der Waals surface area (Å²) < 4.78 is 0. The molecular weight excluding hydrogens is 258 g/mol. The van der Waals surface area contributed by atoms with Gasteiger partial charge in [0.2, 0.25) is 5.91 Å². The van der Waals surface area contributed by atoms with Crippen LogP contribution >= 0.6 is 0 Å². The van der Waals surface area contributed by atoms with Crippen molar-refractivity contribution in [3.8, 4) is 0 Å². The monoisotopic (exact) mass is 277 g/mol. The summed E-state index contributed by atoms with van der Waals surface area (Å²) in [5, 5.41) is 14.9. The van der Waals surface area contributed by atoms with Crippen molar-refractivity contribution in [2.45, 2.75) is 38.3 Å². The van der Waals surface area contributed by atoms with E-state index in [1.54, 1.807) is 6.07 Å². The number of nitrogens with zero attached hydrogens (tertiary/aromatic N) is 1. The first-order valence-corrected chi connectivity index (χ1v) is 6.79. The summed E-state index contributed by atoms with van der Waals surface area (Å²) in [4.78, 5) is 26.8. The fourth-order valence-electron chi connectivity index (χ4n) is 2.47. The zero-order chi connectivity index (χ0) is 14.6. The van der Waals surface area contributed by atoms with Crippen molar-refractivity contribution in [2.75, 3.05) is 6.54 Å². The van der Waals surface area contributed by atoms with Crippen LogP contribution in [-0.4, -0.2) is 34.1 Å². The minimum atomic E-state index is -1.05. The Balaban J connectivity index is 1.94. The highest BCUT2D eigenvalue weighted by Crippen LogP contribution is 2.23. The molecule has 1 aliphatic rings. The quantitative estimate of drug-likeness (QED) is 0.744. The first kappa shape index (κ1) is 14.5. The highest BCUT2D eigenvalue weighted by Gasteiger charge is 2.38. The summed E-state index contributed by atoms with van der Waals surface area (Å²) in [5.74, 6) is -1.06. The molecule has 0 aliphatic carbocycles. The number of hydrogen-bond acceptors (Lipinski definition) is 4. The molecule has 0 bridgehead atoms. The highest BCUT2D eigenvalue weighted by molar-refractivity contribution is 5.86. The Bertz CT molecular complexity index is 493. The molecule has 1 aromatic heterocycles. The molecule has 1 unspecified atom stereocenters.